The summed E-state index contributed by atoms with van der Waals surface area (Å²) in [5.41, 5.74) is 6.20. The first kappa shape index (κ1) is 40.9. The van der Waals surface area contributed by atoms with Crippen molar-refractivity contribution in [3.8, 4) is 62.1 Å². The van der Waals surface area contributed by atoms with Crippen molar-refractivity contribution in [1.82, 2.24) is 14.1 Å². The molecule has 0 radical (unpaired) electrons. The van der Waals surface area contributed by atoms with Crippen molar-refractivity contribution in [2.45, 2.75) is 112 Å². The Morgan fingerprint density at radius 2 is 0.979 bits per heavy atom. The first-order valence-corrected chi connectivity index (χ1v) is 33.6. The first-order valence-electron chi connectivity index (χ1n) is 43.1. The second-order valence-electron chi connectivity index (χ2n) is 28.2. The van der Waals surface area contributed by atoms with E-state index < -0.39 is 162 Å². The van der Waals surface area contributed by atoms with Crippen LogP contribution < -0.4 is 30.1 Å². The quantitative estimate of drug-likeness (QED) is 0.0529. The summed E-state index contributed by atoms with van der Waals surface area (Å²) in [5, 5.41) is -0.655. The van der Waals surface area contributed by atoms with Crippen LogP contribution in [0.15, 0.2) is 273 Å². The Hall–Kier alpha value is -10.1. The minimum atomic E-state index is -5.96. The molecule has 5 nitrogen and oxygen atoms in total. The lowest BCUT2D eigenvalue weighted by molar-refractivity contribution is -0.570. The fourth-order valence-corrected chi connectivity index (χ4v) is 16.6. The molecular weight excluding hydrogens is 1170 g/mol. The average molecular weight is 1280 g/mol. The first-order chi connectivity index (χ1) is 55.0. The highest BCUT2D eigenvalue weighted by molar-refractivity contribution is 7.20. The second kappa shape index (κ2) is 24.0. The number of benzene rings is 11. The molecular formula is C89H84N4OSi. The molecule has 0 aliphatic rings. The lowest BCUT2D eigenvalue weighted by atomic mass is 9.79. The number of fused-ring (bicyclic) bond motifs is 4. The van der Waals surface area contributed by atoms with E-state index in [1.54, 1.807) is 56.2 Å². The lowest BCUT2D eigenvalue weighted by Gasteiger charge is -2.37. The molecule has 0 aliphatic heterocycles. The van der Waals surface area contributed by atoms with Gasteiger partial charge in [-0.25, -0.2) is 4.98 Å². The van der Waals surface area contributed by atoms with Gasteiger partial charge >= 0.3 is 0 Å². The topological polar surface area (TPSA) is 35.9 Å². The molecule has 0 aliphatic carbocycles. The van der Waals surface area contributed by atoms with E-state index in [1.165, 1.54) is 18.3 Å². The Bertz CT molecular complexity index is 6250. The van der Waals surface area contributed by atoms with Gasteiger partial charge in [0.05, 0.1) is 60.9 Å². The third-order valence-electron chi connectivity index (χ3n) is 17.8. The van der Waals surface area contributed by atoms with Gasteiger partial charge in [0.25, 0.3) is 6.33 Å². The zero-order chi connectivity index (χ0) is 86.1. The zero-order valence-corrected chi connectivity index (χ0v) is 56.1. The summed E-state index contributed by atoms with van der Waals surface area (Å²) < 4.78 is 227. The molecule has 11 aromatic carbocycles. The number of para-hydroxylation sites is 2. The smallest absolute Gasteiger partial charge is 0.269 e. The number of aryl methyl sites for hydroxylation is 1. The van der Waals surface area contributed by atoms with Crippen LogP contribution in [0, 0.1) is 13.2 Å². The fourth-order valence-electron chi connectivity index (χ4n) is 12.6. The summed E-state index contributed by atoms with van der Waals surface area (Å²) >= 11 is 0. The molecule has 95 heavy (non-hydrogen) atoms. The number of imidazole rings is 1. The predicted molar refractivity (Wildman–Crippen MR) is 402 cm³/mol. The molecule has 0 bridgehead atoms. The van der Waals surface area contributed by atoms with E-state index in [0.29, 0.717) is 44.6 Å². The van der Waals surface area contributed by atoms with E-state index in [-0.39, 0.29) is 50.0 Å². The summed E-state index contributed by atoms with van der Waals surface area (Å²) in [4.78, 5) is 4.78. The number of pyridine rings is 1. The van der Waals surface area contributed by atoms with Gasteiger partial charge in [0, 0.05) is 32.7 Å². The van der Waals surface area contributed by atoms with Crippen LogP contribution in [0.4, 0.5) is 0 Å². The SMILES string of the molecule is [2H]c1c([2H])c([2H])c(-c2cnc(-n3c4ccccc4c4ccc(Oc5cccc(-n6[c-][n+](-c7c(-c8cc(C(C)(C)C)cc(C(C)(C)C)c8)cccc7[Si](c7c([2H])c([2H])c([2H])c([2H])c7[2H])(c7c([2H])c([2H])c([2H])c([2H])c7[2H])c7c([2H])c([2H])c([2H])c([2H])c7[2H])c7ccc(-c8cc(C(C)(C)C)cc(C(C)(C)C)c8)cc76)c5)cc43)cc2C([2H])([2H])[2H])c([2H])c1[2H]. The van der Waals surface area contributed by atoms with Gasteiger partial charge in [-0.3, -0.25) is 13.7 Å². The summed E-state index contributed by atoms with van der Waals surface area (Å²) in [7, 11) is -5.96. The van der Waals surface area contributed by atoms with Gasteiger partial charge in [0.15, 0.2) is 8.07 Å². The van der Waals surface area contributed by atoms with Gasteiger partial charge in [-0.2, -0.15) is 0 Å². The minimum Gasteiger partial charge on any atom is -0.458 e. The fraction of sp³-hybridized carbons (Fsp3) is 0.191. The molecule has 0 fully saturated rings. The monoisotopic (exact) mass is 1280 g/mol. The average Bonchev–Trinajstić information content (AvgIpc) is 1.51. The molecule has 0 unspecified atom stereocenters. The Labute approximate surface area is 595 Å². The van der Waals surface area contributed by atoms with Crippen LogP contribution in [0.5, 0.6) is 11.5 Å². The highest BCUT2D eigenvalue weighted by atomic mass is 28.3. The van der Waals surface area contributed by atoms with Crippen molar-refractivity contribution in [3.05, 3.63) is 307 Å². The highest BCUT2D eigenvalue weighted by Gasteiger charge is 2.44. The molecule has 0 saturated heterocycles. The largest absolute Gasteiger partial charge is 0.458 e. The number of hydrogen-bond acceptors (Lipinski definition) is 2. The molecule has 14 rings (SSSR count). The molecule has 0 atom stereocenters. The number of ether oxygens (including phenoxy) is 1. The standard InChI is InChI=1S/C89H84N4OSi/c1-60-48-84(90-58-78(60)61-30-18-14-19-31-61)93-79-42-27-26-40-76(79)77-46-45-71(57-81(77)93)94-70-33-28-32-69(56-70)91-59-92(80-47-44-62(53-82(80)91)63-49-65(86(2,3)4)54-66(50-63)87(5,6)7)85-75(64-51-67(88(8,9)10)55-68(52-64)89(11,12)13)41-29-43-83(85)95(72-34-20-15-21-35-72,73-36-22-16-23-37-73)74-38-24-17-25-39-74/h14-58H,1-13H3/i1D3,14D,15D,16D,17D,18D,19D,20D,21D,22D,23D,24D,25D,30D,31D,34D,35D,36D,37D,38D,39D. The van der Waals surface area contributed by atoms with Crippen molar-refractivity contribution >= 4 is 61.7 Å². The Morgan fingerprint density at radius 3 is 1.56 bits per heavy atom. The molecule has 0 amide bonds. The number of aromatic nitrogens is 4. The van der Waals surface area contributed by atoms with Crippen LogP contribution in [0.2, 0.25) is 0 Å². The molecule has 0 N–H and O–H groups in total. The Morgan fingerprint density at radius 1 is 0.442 bits per heavy atom. The Balaban J connectivity index is 1.11. The molecule has 3 aromatic heterocycles. The van der Waals surface area contributed by atoms with Crippen molar-refractivity contribution in [1.29, 1.82) is 0 Å². The van der Waals surface area contributed by atoms with E-state index in [4.69, 9.17) is 24.8 Å². The second-order valence-corrected chi connectivity index (χ2v) is 31.8. The molecule has 3 heterocycles. The van der Waals surface area contributed by atoms with E-state index >= 15 is 0 Å². The van der Waals surface area contributed by atoms with Crippen molar-refractivity contribution < 1.29 is 40.8 Å². The normalized spacial score (nSPS) is 16.0. The van der Waals surface area contributed by atoms with Crippen molar-refractivity contribution in [2.75, 3.05) is 0 Å². The van der Waals surface area contributed by atoms with Gasteiger partial charge in [-0.15, -0.1) is 0 Å². The van der Waals surface area contributed by atoms with Gasteiger partial charge in [-0.05, 0) is 153 Å². The summed E-state index contributed by atoms with van der Waals surface area (Å²) in [6.45, 7) is 22.3. The van der Waals surface area contributed by atoms with E-state index in [2.05, 4.69) is 114 Å². The van der Waals surface area contributed by atoms with Crippen LogP contribution in [0.3, 0.4) is 0 Å². The van der Waals surface area contributed by atoms with Gasteiger partial charge < -0.3 is 4.74 Å². The van der Waals surface area contributed by atoms with Gasteiger partial charge in [-0.1, -0.05) is 295 Å². The minimum absolute atomic E-state index is 0.0621. The zero-order valence-electron chi connectivity index (χ0n) is 78.1. The maximum absolute atomic E-state index is 10.2. The van der Waals surface area contributed by atoms with Crippen LogP contribution >= 0.6 is 0 Å². The van der Waals surface area contributed by atoms with Crippen LogP contribution in [-0.2, 0) is 21.7 Å². The maximum Gasteiger partial charge on any atom is 0.269 e. The third kappa shape index (κ3) is 11.6. The van der Waals surface area contributed by atoms with Crippen molar-refractivity contribution in [2.24, 2.45) is 0 Å². The van der Waals surface area contributed by atoms with Gasteiger partial charge in [0.2, 0.25) is 0 Å². The lowest BCUT2D eigenvalue weighted by Crippen LogP contribution is -2.76. The number of rotatable bonds is 12. The number of hydrogen-bond donors (Lipinski definition) is 0. The van der Waals surface area contributed by atoms with E-state index in [1.807, 2.05) is 66.7 Å². The van der Waals surface area contributed by atoms with Crippen LogP contribution in [0.1, 0.15) is 142 Å². The predicted octanol–water partition coefficient (Wildman–Crippen LogP) is 19.9. The molecule has 6 heteroatoms. The van der Waals surface area contributed by atoms with Crippen LogP contribution in [0.25, 0.3) is 83.4 Å². The summed E-state index contributed by atoms with van der Waals surface area (Å²) in [6, 6.07) is 27.9. The summed E-state index contributed by atoms with van der Waals surface area (Å²) in [5.74, 6) is 0.708. The van der Waals surface area contributed by atoms with E-state index in [9.17, 15) is 16.4 Å². The molecule has 470 valence electrons. The molecule has 14 aromatic rings. The maximum atomic E-state index is 10.2. The summed E-state index contributed by atoms with van der Waals surface area (Å²) in [6.07, 6.45) is 4.94. The van der Waals surface area contributed by atoms with Crippen LogP contribution in [-0.4, -0.2) is 22.2 Å². The number of nitrogens with zero attached hydrogens (tertiary/aromatic N) is 4. The molecule has 0 saturated carbocycles. The molecule has 0 spiro atoms. The third-order valence-corrected chi connectivity index (χ3v) is 22.0. The highest BCUT2D eigenvalue weighted by Crippen LogP contribution is 2.41. The Kier molecular flexibility index (Phi) is 10.3. The van der Waals surface area contributed by atoms with Gasteiger partial charge in [0.1, 0.15) is 17.3 Å². The van der Waals surface area contributed by atoms with Crippen molar-refractivity contribution in [3.63, 3.8) is 0 Å². The van der Waals surface area contributed by atoms with E-state index in [0.717, 1.165) is 44.2 Å².